The van der Waals surface area contributed by atoms with E-state index in [0.717, 1.165) is 25.7 Å². The first-order valence-electron chi connectivity index (χ1n) is 7.94. The van der Waals surface area contributed by atoms with Crippen molar-refractivity contribution in [3.63, 3.8) is 0 Å². The molecule has 1 saturated carbocycles. The van der Waals surface area contributed by atoms with E-state index < -0.39 is 6.10 Å². The number of halogens is 1. The number of aliphatic hydroxyl groups is 1. The van der Waals surface area contributed by atoms with Crippen molar-refractivity contribution in [2.45, 2.75) is 57.0 Å². The molecule has 1 saturated heterocycles. The molecule has 1 aromatic rings. The minimum atomic E-state index is -0.802. The van der Waals surface area contributed by atoms with Gasteiger partial charge >= 0.3 is 0 Å². The Kier molecular flexibility index (Phi) is 4.45. The number of ether oxygens (including phenoxy) is 1. The molecule has 3 unspecified atom stereocenters. The molecule has 2 fully saturated rings. The van der Waals surface area contributed by atoms with Crippen molar-refractivity contribution in [1.29, 1.82) is 0 Å². The second kappa shape index (κ2) is 6.34. The van der Waals surface area contributed by atoms with Crippen LogP contribution in [-0.4, -0.2) is 40.7 Å². The van der Waals surface area contributed by atoms with Gasteiger partial charge in [0.25, 0.3) is 5.91 Å². The zero-order valence-electron chi connectivity index (χ0n) is 12.7. The van der Waals surface area contributed by atoms with Crippen LogP contribution in [0.1, 0.15) is 44.3 Å². The van der Waals surface area contributed by atoms with Crippen molar-refractivity contribution >= 4 is 5.91 Å². The molecule has 0 radical (unpaired) electrons. The summed E-state index contributed by atoms with van der Waals surface area (Å²) < 4.78 is 18.6. The van der Waals surface area contributed by atoms with Crippen molar-refractivity contribution in [3.8, 4) is 0 Å². The Bertz CT molecular complexity index is 529. The monoisotopic (exact) mass is 307 g/mol. The van der Waals surface area contributed by atoms with Crippen molar-refractivity contribution in [1.82, 2.24) is 4.90 Å². The second-order valence-corrected chi connectivity index (χ2v) is 6.30. The van der Waals surface area contributed by atoms with Gasteiger partial charge in [-0.1, -0.05) is 12.1 Å². The van der Waals surface area contributed by atoms with Crippen LogP contribution in [0, 0.1) is 5.82 Å². The zero-order valence-corrected chi connectivity index (χ0v) is 12.7. The van der Waals surface area contributed by atoms with Gasteiger partial charge < -0.3 is 14.7 Å². The first-order chi connectivity index (χ1) is 10.5. The highest BCUT2D eigenvalue weighted by Crippen LogP contribution is 2.32. The molecule has 22 heavy (non-hydrogen) atoms. The summed E-state index contributed by atoms with van der Waals surface area (Å²) in [6, 6.07) is 5.97. The lowest BCUT2D eigenvalue weighted by atomic mass is 10.1. The summed E-state index contributed by atoms with van der Waals surface area (Å²) in [6.45, 7) is 2.21. The fourth-order valence-corrected chi connectivity index (χ4v) is 2.95. The predicted molar refractivity (Wildman–Crippen MR) is 79.7 cm³/mol. The van der Waals surface area contributed by atoms with Gasteiger partial charge in [0.05, 0.1) is 18.8 Å². The van der Waals surface area contributed by atoms with E-state index in [-0.39, 0.29) is 36.5 Å². The molecule has 120 valence electrons. The van der Waals surface area contributed by atoms with E-state index in [0.29, 0.717) is 5.56 Å². The maximum absolute atomic E-state index is 13.0. The van der Waals surface area contributed by atoms with Gasteiger partial charge in [-0.2, -0.15) is 0 Å². The first-order valence-corrected chi connectivity index (χ1v) is 7.94. The number of hydrogen-bond donors (Lipinski definition) is 1. The van der Waals surface area contributed by atoms with Crippen LogP contribution in [0.25, 0.3) is 0 Å². The summed E-state index contributed by atoms with van der Waals surface area (Å²) in [5, 5.41) is 10.3. The van der Waals surface area contributed by atoms with Crippen LogP contribution in [0.3, 0.4) is 0 Å². The topological polar surface area (TPSA) is 49.8 Å². The number of carbonyl (C=O) groups excluding carboxylic acids is 1. The molecule has 0 spiro atoms. The summed E-state index contributed by atoms with van der Waals surface area (Å²) in [5.74, 6) is -0.354. The third kappa shape index (κ3) is 3.47. The molecule has 0 bridgehead atoms. The normalized spacial score (nSPS) is 26.0. The Morgan fingerprint density at radius 2 is 2.00 bits per heavy atom. The number of carbonyl (C=O) groups is 1. The average Bonchev–Trinajstić information content (AvgIpc) is 3.25. The molecular formula is C17H22FNO3. The number of rotatable bonds is 5. The molecule has 1 aliphatic carbocycles. The highest BCUT2D eigenvalue weighted by Gasteiger charge is 2.39. The molecule has 1 aromatic carbocycles. The summed E-state index contributed by atoms with van der Waals surface area (Å²) in [4.78, 5) is 14.4. The van der Waals surface area contributed by atoms with Crippen LogP contribution in [-0.2, 0) is 9.53 Å². The fourth-order valence-electron chi connectivity index (χ4n) is 2.95. The summed E-state index contributed by atoms with van der Waals surface area (Å²) >= 11 is 0. The highest BCUT2D eigenvalue weighted by atomic mass is 19.1. The minimum Gasteiger partial charge on any atom is -0.387 e. The van der Waals surface area contributed by atoms with Gasteiger partial charge in [0, 0.05) is 6.04 Å². The lowest BCUT2D eigenvalue weighted by molar-refractivity contribution is -0.144. The number of amides is 1. The molecule has 2 aliphatic rings. The van der Waals surface area contributed by atoms with Gasteiger partial charge in [-0.25, -0.2) is 4.39 Å². The lowest BCUT2D eigenvalue weighted by Crippen LogP contribution is -2.42. The Hall–Kier alpha value is -1.46. The maximum atomic E-state index is 13.0. The van der Waals surface area contributed by atoms with Gasteiger partial charge in [0.2, 0.25) is 0 Å². The van der Waals surface area contributed by atoms with Crippen LogP contribution in [0.4, 0.5) is 4.39 Å². The van der Waals surface area contributed by atoms with Crippen LogP contribution >= 0.6 is 0 Å². The van der Waals surface area contributed by atoms with E-state index in [9.17, 15) is 14.3 Å². The van der Waals surface area contributed by atoms with Gasteiger partial charge in [-0.05, 0) is 50.3 Å². The van der Waals surface area contributed by atoms with Crippen molar-refractivity contribution < 1.29 is 19.0 Å². The molecule has 4 nitrogen and oxygen atoms in total. The molecule has 1 amide bonds. The molecule has 1 heterocycles. The summed E-state index contributed by atoms with van der Waals surface area (Å²) in [7, 11) is 0. The van der Waals surface area contributed by atoms with E-state index in [1.54, 1.807) is 17.0 Å². The third-order valence-corrected chi connectivity index (χ3v) is 4.40. The molecular weight excluding hydrogens is 285 g/mol. The molecule has 3 atom stereocenters. The van der Waals surface area contributed by atoms with Crippen LogP contribution in [0.2, 0.25) is 0 Å². The zero-order chi connectivity index (χ0) is 15.7. The van der Waals surface area contributed by atoms with Crippen LogP contribution in [0.15, 0.2) is 24.3 Å². The number of hydrogen-bond acceptors (Lipinski definition) is 3. The number of aliphatic hydroxyl groups excluding tert-OH is 1. The predicted octanol–water partition coefficient (Wildman–Crippen LogP) is 2.42. The Labute approximate surface area is 129 Å². The van der Waals surface area contributed by atoms with Gasteiger partial charge in [0.1, 0.15) is 11.9 Å². The maximum Gasteiger partial charge on any atom is 0.252 e. The Morgan fingerprint density at radius 1 is 1.32 bits per heavy atom. The van der Waals surface area contributed by atoms with Crippen LogP contribution < -0.4 is 0 Å². The van der Waals surface area contributed by atoms with E-state index in [4.69, 9.17) is 4.74 Å². The average molecular weight is 307 g/mol. The fraction of sp³-hybridized carbons (Fsp3) is 0.588. The molecule has 1 N–H and O–H groups in total. The Balaban J connectivity index is 1.66. The minimum absolute atomic E-state index is 0.0204. The smallest absolute Gasteiger partial charge is 0.252 e. The SMILES string of the molecule is CC1CCC(C(=O)N(CC(O)c2ccc(F)cc2)C2CC2)O1. The largest absolute Gasteiger partial charge is 0.387 e. The molecule has 0 aromatic heterocycles. The Morgan fingerprint density at radius 3 is 2.55 bits per heavy atom. The van der Waals surface area contributed by atoms with E-state index >= 15 is 0 Å². The van der Waals surface area contributed by atoms with Crippen molar-refractivity contribution in [2.75, 3.05) is 6.54 Å². The first kappa shape index (κ1) is 15.4. The van der Waals surface area contributed by atoms with E-state index in [1.165, 1.54) is 12.1 Å². The van der Waals surface area contributed by atoms with Crippen molar-refractivity contribution in [3.05, 3.63) is 35.6 Å². The number of benzene rings is 1. The van der Waals surface area contributed by atoms with Gasteiger partial charge in [0.15, 0.2) is 0 Å². The molecule has 1 aliphatic heterocycles. The van der Waals surface area contributed by atoms with E-state index in [2.05, 4.69) is 0 Å². The quantitative estimate of drug-likeness (QED) is 0.909. The van der Waals surface area contributed by atoms with Crippen molar-refractivity contribution in [2.24, 2.45) is 0 Å². The highest BCUT2D eigenvalue weighted by molar-refractivity contribution is 5.82. The second-order valence-electron chi connectivity index (χ2n) is 6.30. The van der Waals surface area contributed by atoms with Crippen LogP contribution in [0.5, 0.6) is 0 Å². The van der Waals surface area contributed by atoms with E-state index in [1.807, 2.05) is 6.92 Å². The summed E-state index contributed by atoms with van der Waals surface area (Å²) in [5.41, 5.74) is 0.626. The number of nitrogens with zero attached hydrogens (tertiary/aromatic N) is 1. The lowest BCUT2D eigenvalue weighted by Gasteiger charge is -2.28. The van der Waals surface area contributed by atoms with Gasteiger partial charge in [-0.3, -0.25) is 4.79 Å². The standard InChI is InChI=1S/C17H22FNO3/c1-11-2-9-16(22-11)17(21)19(14-7-8-14)10-15(20)12-3-5-13(18)6-4-12/h3-6,11,14-16,20H,2,7-10H2,1H3. The molecule has 5 heteroatoms. The van der Waals surface area contributed by atoms with Gasteiger partial charge in [-0.15, -0.1) is 0 Å². The molecule has 3 rings (SSSR count). The third-order valence-electron chi connectivity index (χ3n) is 4.40. The summed E-state index contributed by atoms with van der Waals surface area (Å²) in [6.07, 6.45) is 2.54.